The van der Waals surface area contributed by atoms with Crippen molar-refractivity contribution in [2.45, 2.75) is 36.8 Å². The van der Waals surface area contributed by atoms with Crippen LogP contribution < -0.4 is 0 Å². The van der Waals surface area contributed by atoms with Gasteiger partial charge in [0.2, 0.25) is 0 Å². The van der Waals surface area contributed by atoms with E-state index in [9.17, 15) is 5.11 Å². The largest absolute Gasteiger partial charge is 0.503 e. The summed E-state index contributed by atoms with van der Waals surface area (Å²) in [6.07, 6.45) is 0. The predicted octanol–water partition coefficient (Wildman–Crippen LogP) is 2.49. The Labute approximate surface area is 96.4 Å². The van der Waals surface area contributed by atoms with Gasteiger partial charge in [-0.1, -0.05) is 26.8 Å². The molecule has 1 N–H and O–H groups in total. The van der Waals surface area contributed by atoms with Gasteiger partial charge in [0.15, 0.2) is 10.6 Å². The molecule has 0 saturated carbocycles. The van der Waals surface area contributed by atoms with Crippen LogP contribution in [-0.2, 0) is 23.8 Å². The van der Waals surface area contributed by atoms with E-state index < -0.39 is 0 Å². The van der Waals surface area contributed by atoms with Gasteiger partial charge in [0.05, 0.1) is 0 Å². The summed E-state index contributed by atoms with van der Waals surface area (Å²) in [4.78, 5) is 0.737. The van der Waals surface area contributed by atoms with E-state index in [2.05, 4.69) is 46.0 Å². The molecule has 3 heteroatoms. The van der Waals surface area contributed by atoms with Crippen LogP contribution in [-0.4, -0.2) is 5.11 Å². The minimum absolute atomic E-state index is 0.0901. The van der Waals surface area contributed by atoms with Crippen LogP contribution in [0.25, 0.3) is 0 Å². The zero-order valence-electron chi connectivity index (χ0n) is 8.76. The molecule has 0 saturated heterocycles. The van der Waals surface area contributed by atoms with Gasteiger partial charge in [-0.05, 0) is 23.6 Å². The second kappa shape index (κ2) is 4.07. The lowest BCUT2D eigenvalue weighted by atomic mass is 9.86. The Balaban J connectivity index is 3.30. The van der Waals surface area contributed by atoms with Crippen LogP contribution in [0.3, 0.4) is 0 Å². The number of thiol groups is 1. The van der Waals surface area contributed by atoms with Gasteiger partial charge in [0.25, 0.3) is 0 Å². The van der Waals surface area contributed by atoms with E-state index >= 15 is 0 Å². The third kappa shape index (κ3) is 2.39. The van der Waals surface area contributed by atoms with Gasteiger partial charge in [0, 0.05) is 17.4 Å². The smallest absolute Gasteiger partial charge is 0.192 e. The number of aromatic hydroxyl groups is 1. The maximum atomic E-state index is 9.69. The molecular formula is C11H17OS2+. The molecule has 0 bridgehead atoms. The molecule has 1 nitrogen and oxygen atoms in total. The van der Waals surface area contributed by atoms with Gasteiger partial charge in [-0.3, -0.25) is 0 Å². The summed E-state index contributed by atoms with van der Waals surface area (Å²) in [6, 6.07) is 3.96. The molecule has 0 aromatic heterocycles. The molecule has 0 spiro atoms. The summed E-state index contributed by atoms with van der Waals surface area (Å²) in [5.74, 6) is 0.845. The third-order valence-corrected chi connectivity index (χ3v) is 2.95. The Morgan fingerprint density at radius 2 is 1.93 bits per heavy atom. The van der Waals surface area contributed by atoms with Crippen LogP contribution in [0.4, 0.5) is 0 Å². The second-order valence-electron chi connectivity index (χ2n) is 4.44. The van der Waals surface area contributed by atoms with Crippen LogP contribution in [0.5, 0.6) is 5.75 Å². The average molecular weight is 229 g/mol. The summed E-state index contributed by atoms with van der Waals surface area (Å²) in [6.45, 7) is 6.44. The topological polar surface area (TPSA) is 20.2 Å². The van der Waals surface area contributed by atoms with E-state index in [1.54, 1.807) is 0 Å². The van der Waals surface area contributed by atoms with Crippen molar-refractivity contribution in [2.24, 2.45) is 0 Å². The van der Waals surface area contributed by atoms with Gasteiger partial charge < -0.3 is 5.11 Å². The summed E-state index contributed by atoms with van der Waals surface area (Å²) in [7, 11) is 0. The van der Waals surface area contributed by atoms with E-state index in [1.165, 1.54) is 5.56 Å². The highest BCUT2D eigenvalue weighted by molar-refractivity contribution is 7.79. The molecular weight excluding hydrogens is 212 g/mol. The Hall–Kier alpha value is -0.280. The molecule has 0 unspecified atom stereocenters. The Bertz CT molecular complexity index is 340. The van der Waals surface area contributed by atoms with Crippen LogP contribution in [0.15, 0.2) is 17.0 Å². The second-order valence-corrected chi connectivity index (χ2v) is 5.29. The highest BCUT2D eigenvalue weighted by Gasteiger charge is 2.18. The maximum Gasteiger partial charge on any atom is 0.192 e. The Morgan fingerprint density at radius 3 is 2.36 bits per heavy atom. The molecule has 0 aliphatic carbocycles. The predicted molar refractivity (Wildman–Crippen MR) is 67.9 cm³/mol. The summed E-state index contributed by atoms with van der Waals surface area (Å²) in [5, 5.41) is 9.69. The number of benzene rings is 1. The first-order valence-electron chi connectivity index (χ1n) is 4.55. The zero-order chi connectivity index (χ0) is 10.9. The molecule has 0 atom stereocenters. The normalized spacial score (nSPS) is 11.8. The molecule has 0 radical (unpaired) electrons. The molecule has 78 valence electrons. The van der Waals surface area contributed by atoms with Crippen LogP contribution in [0.2, 0.25) is 0 Å². The third-order valence-electron chi connectivity index (χ3n) is 2.23. The van der Waals surface area contributed by atoms with E-state index in [0.29, 0.717) is 11.5 Å². The first kappa shape index (κ1) is 11.8. The van der Waals surface area contributed by atoms with Gasteiger partial charge in [-0.15, -0.1) is 0 Å². The van der Waals surface area contributed by atoms with Crippen molar-refractivity contribution in [3.63, 3.8) is 0 Å². The molecule has 1 rings (SSSR count). The fraction of sp³-hybridized carbons (Fsp3) is 0.455. The highest BCUT2D eigenvalue weighted by Crippen LogP contribution is 2.31. The number of rotatable bonds is 1. The molecule has 0 aliphatic rings. The minimum atomic E-state index is 0.0901. The summed E-state index contributed by atoms with van der Waals surface area (Å²) >= 11 is 7.59. The highest BCUT2D eigenvalue weighted by atomic mass is 32.1. The Kier molecular flexibility index (Phi) is 3.43. The minimum Gasteiger partial charge on any atom is -0.503 e. The number of hydrogen-bond donors (Lipinski definition) is 2. The SMILES string of the molecule is CC(C)(C)c1cc([SH2+])c(O)c(CS)c1. The summed E-state index contributed by atoms with van der Waals surface area (Å²) < 4.78 is 0. The molecule has 0 amide bonds. The lowest BCUT2D eigenvalue weighted by Gasteiger charge is -2.20. The fourth-order valence-corrected chi connectivity index (χ4v) is 1.81. The van der Waals surface area contributed by atoms with E-state index in [0.717, 1.165) is 10.5 Å². The lowest BCUT2D eigenvalue weighted by molar-refractivity contribution is 0.456. The Morgan fingerprint density at radius 1 is 1.36 bits per heavy atom. The first-order chi connectivity index (χ1) is 6.36. The fourth-order valence-electron chi connectivity index (χ4n) is 1.25. The van der Waals surface area contributed by atoms with E-state index in [4.69, 9.17) is 0 Å². The number of phenolic OH excluding ortho intramolecular Hbond substituents is 1. The molecule has 0 heterocycles. The van der Waals surface area contributed by atoms with Crippen molar-refractivity contribution in [1.29, 1.82) is 0 Å². The van der Waals surface area contributed by atoms with Crippen LogP contribution in [0, 0.1) is 0 Å². The standard InChI is InChI=1S/C11H16OS2/c1-11(2,3)8-4-7(6-13)10(12)9(14)5-8/h4-5,12-14H,6H2,1-3H3/p+1. The van der Waals surface area contributed by atoms with Crippen molar-refractivity contribution in [1.82, 2.24) is 0 Å². The van der Waals surface area contributed by atoms with E-state index in [-0.39, 0.29) is 5.41 Å². The summed E-state index contributed by atoms with van der Waals surface area (Å²) in [5.41, 5.74) is 2.15. The quantitative estimate of drug-likeness (QED) is 0.560. The van der Waals surface area contributed by atoms with Crippen molar-refractivity contribution in [2.75, 3.05) is 0 Å². The number of phenols is 1. The van der Waals surface area contributed by atoms with Crippen molar-refractivity contribution >= 4 is 25.3 Å². The van der Waals surface area contributed by atoms with Gasteiger partial charge in [0.1, 0.15) is 0 Å². The van der Waals surface area contributed by atoms with Crippen molar-refractivity contribution < 1.29 is 5.11 Å². The van der Waals surface area contributed by atoms with Gasteiger partial charge in [-0.25, -0.2) is 0 Å². The average Bonchev–Trinajstić information content (AvgIpc) is 2.07. The van der Waals surface area contributed by atoms with Crippen LogP contribution in [0.1, 0.15) is 31.9 Å². The van der Waals surface area contributed by atoms with Gasteiger partial charge in [-0.2, -0.15) is 12.6 Å². The maximum absolute atomic E-state index is 9.69. The van der Waals surface area contributed by atoms with Crippen molar-refractivity contribution in [3.05, 3.63) is 23.3 Å². The van der Waals surface area contributed by atoms with Crippen molar-refractivity contribution in [3.8, 4) is 5.75 Å². The molecule has 14 heavy (non-hydrogen) atoms. The molecule has 0 aliphatic heterocycles. The first-order valence-corrected chi connectivity index (χ1v) is 5.68. The van der Waals surface area contributed by atoms with Gasteiger partial charge >= 0.3 is 0 Å². The monoisotopic (exact) mass is 229 g/mol. The number of hydrogen-bond acceptors (Lipinski definition) is 2. The molecule has 1 aromatic carbocycles. The van der Waals surface area contributed by atoms with E-state index in [1.807, 2.05) is 12.1 Å². The molecule has 0 fully saturated rings. The zero-order valence-corrected chi connectivity index (χ0v) is 10.7. The lowest BCUT2D eigenvalue weighted by Crippen LogP contribution is -2.11. The van der Waals surface area contributed by atoms with Crippen LogP contribution >= 0.6 is 12.6 Å². The molecule has 1 aromatic rings.